The highest BCUT2D eigenvalue weighted by atomic mass is 19.1. The van der Waals surface area contributed by atoms with Crippen molar-refractivity contribution in [2.24, 2.45) is 5.92 Å². The standard InChI is InChI=1S/C11H13FO/c12-6-5-9-7-8-3-1-2-4-10(8)11(9)13/h1-4,9,11,13H,5-7H2. The average Bonchev–Trinajstić information content (AvgIpc) is 2.46. The van der Waals surface area contributed by atoms with E-state index in [1.165, 1.54) is 5.56 Å². The molecular formula is C11H13FO. The Labute approximate surface area is 77.2 Å². The molecule has 0 fully saturated rings. The Morgan fingerprint density at radius 1 is 1.38 bits per heavy atom. The quantitative estimate of drug-likeness (QED) is 0.740. The van der Waals surface area contributed by atoms with Gasteiger partial charge in [-0.3, -0.25) is 4.39 Å². The fourth-order valence-corrected chi connectivity index (χ4v) is 2.06. The van der Waals surface area contributed by atoms with E-state index in [1.54, 1.807) is 0 Å². The minimum Gasteiger partial charge on any atom is -0.388 e. The highest BCUT2D eigenvalue weighted by Crippen LogP contribution is 2.37. The fourth-order valence-electron chi connectivity index (χ4n) is 2.06. The van der Waals surface area contributed by atoms with Gasteiger partial charge in [0.1, 0.15) is 0 Å². The van der Waals surface area contributed by atoms with Gasteiger partial charge in [0.2, 0.25) is 0 Å². The van der Waals surface area contributed by atoms with Gasteiger partial charge in [0.15, 0.2) is 0 Å². The summed E-state index contributed by atoms with van der Waals surface area (Å²) in [4.78, 5) is 0. The summed E-state index contributed by atoms with van der Waals surface area (Å²) >= 11 is 0. The summed E-state index contributed by atoms with van der Waals surface area (Å²) in [5, 5.41) is 9.81. The van der Waals surface area contributed by atoms with Crippen LogP contribution in [0.2, 0.25) is 0 Å². The van der Waals surface area contributed by atoms with E-state index < -0.39 is 6.10 Å². The van der Waals surface area contributed by atoms with Crippen molar-refractivity contribution in [3.8, 4) is 0 Å². The number of benzene rings is 1. The van der Waals surface area contributed by atoms with E-state index in [2.05, 4.69) is 0 Å². The Morgan fingerprint density at radius 3 is 2.85 bits per heavy atom. The second kappa shape index (κ2) is 3.46. The zero-order valence-corrected chi connectivity index (χ0v) is 7.41. The molecule has 0 saturated heterocycles. The number of hydrogen-bond donors (Lipinski definition) is 1. The lowest BCUT2D eigenvalue weighted by Crippen LogP contribution is -2.07. The molecule has 0 radical (unpaired) electrons. The monoisotopic (exact) mass is 180 g/mol. The first-order valence-corrected chi connectivity index (χ1v) is 4.64. The van der Waals surface area contributed by atoms with Gasteiger partial charge in [-0.2, -0.15) is 0 Å². The minimum atomic E-state index is -0.452. The largest absolute Gasteiger partial charge is 0.388 e. The second-order valence-electron chi connectivity index (χ2n) is 3.59. The SMILES string of the molecule is OC1c2ccccc2CC1CCF. The van der Waals surface area contributed by atoms with Gasteiger partial charge in [0.05, 0.1) is 12.8 Å². The predicted molar refractivity (Wildman–Crippen MR) is 49.2 cm³/mol. The lowest BCUT2D eigenvalue weighted by atomic mass is 10.0. The zero-order valence-electron chi connectivity index (χ0n) is 7.41. The van der Waals surface area contributed by atoms with E-state index >= 15 is 0 Å². The van der Waals surface area contributed by atoms with E-state index in [-0.39, 0.29) is 12.6 Å². The van der Waals surface area contributed by atoms with Crippen LogP contribution in [0.5, 0.6) is 0 Å². The van der Waals surface area contributed by atoms with Crippen molar-refractivity contribution >= 4 is 0 Å². The Hall–Kier alpha value is -0.890. The molecule has 0 aliphatic heterocycles. The summed E-state index contributed by atoms with van der Waals surface area (Å²) in [5.41, 5.74) is 2.16. The molecule has 2 unspecified atom stereocenters. The van der Waals surface area contributed by atoms with Crippen LogP contribution in [0.3, 0.4) is 0 Å². The number of aliphatic hydroxyl groups is 1. The van der Waals surface area contributed by atoms with Crippen LogP contribution in [-0.4, -0.2) is 11.8 Å². The van der Waals surface area contributed by atoms with Crippen LogP contribution in [0, 0.1) is 5.92 Å². The second-order valence-corrected chi connectivity index (χ2v) is 3.59. The van der Waals surface area contributed by atoms with Gasteiger partial charge < -0.3 is 5.11 Å². The summed E-state index contributed by atoms with van der Waals surface area (Å²) < 4.78 is 12.1. The van der Waals surface area contributed by atoms with Gasteiger partial charge in [-0.1, -0.05) is 24.3 Å². The Bertz CT molecular complexity index is 298. The van der Waals surface area contributed by atoms with Crippen molar-refractivity contribution in [2.45, 2.75) is 18.9 Å². The summed E-state index contributed by atoms with van der Waals surface area (Å²) in [7, 11) is 0. The Morgan fingerprint density at radius 2 is 2.15 bits per heavy atom. The molecule has 1 N–H and O–H groups in total. The number of halogens is 1. The molecule has 2 heteroatoms. The number of aliphatic hydroxyl groups excluding tert-OH is 1. The molecule has 0 aromatic heterocycles. The topological polar surface area (TPSA) is 20.2 Å². The number of hydrogen-bond acceptors (Lipinski definition) is 1. The summed E-state index contributed by atoms with van der Waals surface area (Å²) in [6.45, 7) is -0.338. The molecular weight excluding hydrogens is 167 g/mol. The molecule has 1 aliphatic rings. The average molecular weight is 180 g/mol. The maximum atomic E-state index is 12.1. The summed E-state index contributed by atoms with van der Waals surface area (Å²) in [5.74, 6) is 0.0856. The molecule has 1 aromatic rings. The predicted octanol–water partition coefficient (Wildman–Crippen LogP) is 2.25. The maximum absolute atomic E-state index is 12.1. The van der Waals surface area contributed by atoms with Crippen LogP contribution in [0.1, 0.15) is 23.7 Å². The third kappa shape index (κ3) is 1.46. The first kappa shape index (κ1) is 8.70. The lowest BCUT2D eigenvalue weighted by Gasteiger charge is -2.12. The maximum Gasteiger partial charge on any atom is 0.0898 e. The van der Waals surface area contributed by atoms with Crippen molar-refractivity contribution in [2.75, 3.05) is 6.67 Å². The molecule has 0 bridgehead atoms. The van der Waals surface area contributed by atoms with Crippen molar-refractivity contribution in [1.82, 2.24) is 0 Å². The van der Waals surface area contributed by atoms with E-state index in [0.29, 0.717) is 6.42 Å². The molecule has 2 atom stereocenters. The van der Waals surface area contributed by atoms with Crippen molar-refractivity contribution in [3.05, 3.63) is 35.4 Å². The van der Waals surface area contributed by atoms with Crippen molar-refractivity contribution in [1.29, 1.82) is 0 Å². The molecule has 2 rings (SSSR count). The van der Waals surface area contributed by atoms with Crippen LogP contribution >= 0.6 is 0 Å². The van der Waals surface area contributed by atoms with E-state index in [1.807, 2.05) is 24.3 Å². The first-order valence-electron chi connectivity index (χ1n) is 4.64. The van der Waals surface area contributed by atoms with Crippen LogP contribution in [0.15, 0.2) is 24.3 Å². The molecule has 13 heavy (non-hydrogen) atoms. The van der Waals surface area contributed by atoms with Gasteiger partial charge in [0.25, 0.3) is 0 Å². The molecule has 0 saturated carbocycles. The zero-order chi connectivity index (χ0) is 9.26. The van der Waals surface area contributed by atoms with Gasteiger partial charge >= 0.3 is 0 Å². The highest BCUT2D eigenvalue weighted by molar-refractivity contribution is 5.34. The van der Waals surface area contributed by atoms with Crippen LogP contribution < -0.4 is 0 Å². The number of rotatable bonds is 2. The molecule has 1 aromatic carbocycles. The van der Waals surface area contributed by atoms with E-state index in [4.69, 9.17) is 0 Å². The molecule has 1 aliphatic carbocycles. The Kier molecular flexibility index (Phi) is 2.32. The van der Waals surface area contributed by atoms with Crippen LogP contribution in [-0.2, 0) is 6.42 Å². The van der Waals surface area contributed by atoms with Crippen molar-refractivity contribution < 1.29 is 9.50 Å². The lowest BCUT2D eigenvalue weighted by molar-refractivity contribution is 0.113. The minimum absolute atomic E-state index is 0.0856. The third-order valence-corrected chi connectivity index (χ3v) is 2.78. The first-order chi connectivity index (χ1) is 6.33. The Balaban J connectivity index is 2.22. The number of fused-ring (bicyclic) bond motifs is 1. The van der Waals surface area contributed by atoms with Crippen LogP contribution in [0.25, 0.3) is 0 Å². The highest BCUT2D eigenvalue weighted by Gasteiger charge is 2.29. The molecule has 0 spiro atoms. The number of alkyl halides is 1. The molecule has 0 amide bonds. The molecule has 0 heterocycles. The summed E-state index contributed by atoms with van der Waals surface area (Å²) in [6.07, 6.45) is 0.837. The van der Waals surface area contributed by atoms with E-state index in [9.17, 15) is 9.50 Å². The smallest absolute Gasteiger partial charge is 0.0898 e. The molecule has 1 nitrogen and oxygen atoms in total. The van der Waals surface area contributed by atoms with Gasteiger partial charge in [-0.05, 0) is 29.9 Å². The normalized spacial score (nSPS) is 26.0. The van der Waals surface area contributed by atoms with Gasteiger partial charge in [-0.15, -0.1) is 0 Å². The van der Waals surface area contributed by atoms with E-state index in [0.717, 1.165) is 12.0 Å². The van der Waals surface area contributed by atoms with Crippen molar-refractivity contribution in [3.63, 3.8) is 0 Å². The van der Waals surface area contributed by atoms with Crippen LogP contribution in [0.4, 0.5) is 4.39 Å². The summed E-state index contributed by atoms with van der Waals surface area (Å²) in [6, 6.07) is 7.82. The third-order valence-electron chi connectivity index (χ3n) is 2.78. The molecule has 70 valence electrons. The van der Waals surface area contributed by atoms with Gasteiger partial charge in [0, 0.05) is 0 Å². The fraction of sp³-hybridized carbons (Fsp3) is 0.455. The van der Waals surface area contributed by atoms with Gasteiger partial charge in [-0.25, -0.2) is 0 Å².